The lowest BCUT2D eigenvalue weighted by Gasteiger charge is -2.32. The Hall–Kier alpha value is -0.230. The Balaban J connectivity index is 2.38. The summed E-state index contributed by atoms with van der Waals surface area (Å²) in [7, 11) is 1.63. The number of ether oxygens (including phenoxy) is 2. The predicted octanol–water partition coefficient (Wildman–Crippen LogP) is 3.45. The second kappa shape index (κ2) is 5.82. The standard InChI is InChI=1S/C12H16BrClN2O2/c1-12(5-3-4-6-18-12)11-15-8(7-17-2)9(13)10(14)16-11/h3-7H2,1-2H3. The minimum absolute atomic E-state index is 0.395. The molecule has 1 saturated heterocycles. The molecule has 100 valence electrons. The fraction of sp³-hybridized carbons (Fsp3) is 0.667. The molecule has 2 rings (SSSR count). The number of methoxy groups -OCH3 is 1. The van der Waals surface area contributed by atoms with Crippen molar-refractivity contribution in [2.45, 2.75) is 38.4 Å². The van der Waals surface area contributed by atoms with Gasteiger partial charge in [-0.25, -0.2) is 9.97 Å². The first kappa shape index (κ1) is 14.2. The van der Waals surface area contributed by atoms with E-state index in [2.05, 4.69) is 25.9 Å². The van der Waals surface area contributed by atoms with Gasteiger partial charge in [0.2, 0.25) is 0 Å². The summed E-state index contributed by atoms with van der Waals surface area (Å²) in [6.07, 6.45) is 3.12. The van der Waals surface area contributed by atoms with Crippen molar-refractivity contribution in [3.8, 4) is 0 Å². The van der Waals surface area contributed by atoms with Gasteiger partial charge < -0.3 is 9.47 Å². The zero-order valence-electron chi connectivity index (χ0n) is 10.5. The third-order valence-corrected chi connectivity index (χ3v) is 4.44. The van der Waals surface area contributed by atoms with Gasteiger partial charge in [-0.15, -0.1) is 0 Å². The maximum atomic E-state index is 6.13. The highest BCUT2D eigenvalue weighted by molar-refractivity contribution is 9.10. The first-order valence-electron chi connectivity index (χ1n) is 5.92. The molecular formula is C12H16BrClN2O2. The highest BCUT2D eigenvalue weighted by atomic mass is 79.9. The van der Waals surface area contributed by atoms with Crippen LogP contribution in [0.3, 0.4) is 0 Å². The maximum Gasteiger partial charge on any atom is 0.162 e. The van der Waals surface area contributed by atoms with Gasteiger partial charge in [-0.3, -0.25) is 0 Å². The van der Waals surface area contributed by atoms with Crippen LogP contribution in [0.15, 0.2) is 4.47 Å². The van der Waals surface area contributed by atoms with Gasteiger partial charge in [0, 0.05) is 13.7 Å². The van der Waals surface area contributed by atoms with Crippen molar-refractivity contribution in [1.82, 2.24) is 9.97 Å². The number of hydrogen-bond donors (Lipinski definition) is 0. The molecule has 1 aliphatic rings. The Morgan fingerprint density at radius 2 is 2.22 bits per heavy atom. The van der Waals surface area contributed by atoms with Crippen molar-refractivity contribution < 1.29 is 9.47 Å². The van der Waals surface area contributed by atoms with Crippen LogP contribution in [-0.2, 0) is 21.7 Å². The maximum absolute atomic E-state index is 6.13. The van der Waals surface area contributed by atoms with Crippen LogP contribution in [0, 0.1) is 0 Å². The number of nitrogens with zero attached hydrogens (tertiary/aromatic N) is 2. The van der Waals surface area contributed by atoms with Crippen LogP contribution in [0.2, 0.25) is 5.15 Å². The van der Waals surface area contributed by atoms with Crippen molar-refractivity contribution in [1.29, 1.82) is 0 Å². The minimum atomic E-state index is -0.439. The highest BCUT2D eigenvalue weighted by Crippen LogP contribution is 2.35. The average molecular weight is 336 g/mol. The van der Waals surface area contributed by atoms with Crippen molar-refractivity contribution in [3.05, 3.63) is 21.1 Å². The lowest BCUT2D eigenvalue weighted by atomic mass is 9.95. The molecule has 6 heteroatoms. The van der Waals surface area contributed by atoms with E-state index in [9.17, 15) is 0 Å². The van der Waals surface area contributed by atoms with Gasteiger partial charge in [0.25, 0.3) is 0 Å². The topological polar surface area (TPSA) is 44.2 Å². The smallest absolute Gasteiger partial charge is 0.162 e. The molecule has 0 saturated carbocycles. The van der Waals surface area contributed by atoms with Crippen molar-refractivity contribution in [2.75, 3.05) is 13.7 Å². The third-order valence-electron chi connectivity index (χ3n) is 3.10. The van der Waals surface area contributed by atoms with E-state index in [0.717, 1.165) is 31.6 Å². The van der Waals surface area contributed by atoms with E-state index in [4.69, 9.17) is 21.1 Å². The minimum Gasteiger partial charge on any atom is -0.378 e. The SMILES string of the molecule is COCc1nc(C2(C)CCCCO2)nc(Cl)c1Br. The quantitative estimate of drug-likeness (QED) is 0.794. The summed E-state index contributed by atoms with van der Waals surface area (Å²) in [6.45, 7) is 3.15. The van der Waals surface area contributed by atoms with Crippen LogP contribution in [0.4, 0.5) is 0 Å². The monoisotopic (exact) mass is 334 g/mol. The molecule has 4 nitrogen and oxygen atoms in total. The molecule has 1 unspecified atom stereocenters. The largest absolute Gasteiger partial charge is 0.378 e. The number of hydrogen-bond acceptors (Lipinski definition) is 4. The molecule has 0 aromatic carbocycles. The first-order chi connectivity index (χ1) is 8.57. The average Bonchev–Trinajstić information content (AvgIpc) is 2.36. The number of rotatable bonds is 3. The molecule has 0 aliphatic carbocycles. The summed E-state index contributed by atoms with van der Waals surface area (Å²) < 4.78 is 11.6. The van der Waals surface area contributed by atoms with Gasteiger partial charge in [0.15, 0.2) is 5.82 Å². The van der Waals surface area contributed by atoms with E-state index in [1.165, 1.54) is 0 Å². The molecule has 0 amide bonds. The normalized spacial score (nSPS) is 24.2. The zero-order chi connectivity index (χ0) is 13.2. The van der Waals surface area contributed by atoms with E-state index in [1.807, 2.05) is 6.92 Å². The Morgan fingerprint density at radius 1 is 1.44 bits per heavy atom. The third kappa shape index (κ3) is 2.85. The summed E-state index contributed by atoms with van der Waals surface area (Å²) in [5.74, 6) is 0.641. The van der Waals surface area contributed by atoms with Crippen LogP contribution >= 0.6 is 27.5 Å². The summed E-state index contributed by atoms with van der Waals surface area (Å²) in [5.41, 5.74) is 0.313. The fourth-order valence-corrected chi connectivity index (χ4v) is 2.52. The van der Waals surface area contributed by atoms with E-state index < -0.39 is 5.60 Å². The van der Waals surface area contributed by atoms with Crippen molar-refractivity contribution in [2.24, 2.45) is 0 Å². The molecule has 18 heavy (non-hydrogen) atoms. The predicted molar refractivity (Wildman–Crippen MR) is 72.6 cm³/mol. The number of halogens is 2. The molecule has 2 heterocycles. The van der Waals surface area contributed by atoms with Crippen LogP contribution in [0.1, 0.15) is 37.7 Å². The Morgan fingerprint density at radius 3 is 2.83 bits per heavy atom. The second-order valence-corrected chi connectivity index (χ2v) is 5.72. The Labute approximate surface area is 120 Å². The molecule has 0 bridgehead atoms. The first-order valence-corrected chi connectivity index (χ1v) is 7.09. The van der Waals surface area contributed by atoms with Crippen LogP contribution < -0.4 is 0 Å². The lowest BCUT2D eigenvalue weighted by molar-refractivity contribution is -0.0763. The molecule has 1 atom stereocenters. The zero-order valence-corrected chi connectivity index (χ0v) is 12.8. The van der Waals surface area contributed by atoms with Gasteiger partial charge in [0.1, 0.15) is 10.8 Å². The molecule has 1 aliphatic heterocycles. The van der Waals surface area contributed by atoms with Crippen molar-refractivity contribution >= 4 is 27.5 Å². The highest BCUT2D eigenvalue weighted by Gasteiger charge is 2.34. The van der Waals surface area contributed by atoms with Gasteiger partial charge in [0.05, 0.1) is 16.8 Å². The van der Waals surface area contributed by atoms with E-state index in [-0.39, 0.29) is 0 Å². The van der Waals surface area contributed by atoms with Gasteiger partial charge >= 0.3 is 0 Å². The second-order valence-electron chi connectivity index (χ2n) is 4.57. The summed E-state index contributed by atoms with van der Waals surface area (Å²) in [4.78, 5) is 8.86. The van der Waals surface area contributed by atoms with E-state index >= 15 is 0 Å². The fourth-order valence-electron chi connectivity index (χ4n) is 2.04. The molecular weight excluding hydrogens is 320 g/mol. The van der Waals surface area contributed by atoms with E-state index in [0.29, 0.717) is 22.1 Å². The van der Waals surface area contributed by atoms with Crippen molar-refractivity contribution in [3.63, 3.8) is 0 Å². The van der Waals surface area contributed by atoms with Crippen LogP contribution in [0.25, 0.3) is 0 Å². The Bertz CT molecular complexity index is 436. The lowest BCUT2D eigenvalue weighted by Crippen LogP contribution is -2.32. The van der Waals surface area contributed by atoms with E-state index in [1.54, 1.807) is 7.11 Å². The Kier molecular flexibility index (Phi) is 4.59. The number of aromatic nitrogens is 2. The summed E-state index contributed by atoms with van der Waals surface area (Å²) >= 11 is 9.51. The van der Waals surface area contributed by atoms with Gasteiger partial charge in [-0.05, 0) is 42.1 Å². The van der Waals surface area contributed by atoms with Crippen LogP contribution in [0.5, 0.6) is 0 Å². The molecule has 0 radical (unpaired) electrons. The molecule has 0 N–H and O–H groups in total. The summed E-state index contributed by atoms with van der Waals surface area (Å²) in [6, 6.07) is 0. The van der Waals surface area contributed by atoms with Gasteiger partial charge in [-0.2, -0.15) is 0 Å². The molecule has 0 spiro atoms. The van der Waals surface area contributed by atoms with Crippen LogP contribution in [-0.4, -0.2) is 23.7 Å². The molecule has 1 aromatic rings. The molecule has 1 fully saturated rings. The summed E-state index contributed by atoms with van der Waals surface area (Å²) in [5, 5.41) is 0.405. The van der Waals surface area contributed by atoms with Gasteiger partial charge in [-0.1, -0.05) is 11.6 Å². The molecule has 1 aromatic heterocycles.